The summed E-state index contributed by atoms with van der Waals surface area (Å²) in [6, 6.07) is 4.98. The first-order chi connectivity index (χ1) is 8.22. The van der Waals surface area contributed by atoms with Crippen LogP contribution in [0.2, 0.25) is 0 Å². The third kappa shape index (κ3) is 3.80. The van der Waals surface area contributed by atoms with Crippen molar-refractivity contribution in [1.82, 2.24) is 5.32 Å². The largest absolute Gasteiger partial charge is 0.375 e. The molecule has 1 aliphatic heterocycles. The Kier molecular flexibility index (Phi) is 4.60. The van der Waals surface area contributed by atoms with Crippen molar-refractivity contribution in [2.24, 2.45) is 0 Å². The van der Waals surface area contributed by atoms with E-state index in [0.717, 1.165) is 38.8 Å². The van der Waals surface area contributed by atoms with Crippen LogP contribution in [0.1, 0.15) is 38.0 Å². The standard InChI is InChI=1S/C14H23NOS/c1-3-14(2)11-12(7-9-16-14)15-8-6-13-5-4-10-17-13/h4-5,10,12,15H,3,6-9,11H2,1-2H3. The fourth-order valence-electron chi connectivity index (χ4n) is 2.40. The highest BCUT2D eigenvalue weighted by atomic mass is 32.1. The minimum absolute atomic E-state index is 0.0961. The summed E-state index contributed by atoms with van der Waals surface area (Å²) in [4.78, 5) is 1.47. The quantitative estimate of drug-likeness (QED) is 0.870. The molecule has 0 bridgehead atoms. The molecule has 0 amide bonds. The third-order valence-electron chi connectivity index (χ3n) is 3.73. The molecule has 0 saturated carbocycles. The van der Waals surface area contributed by atoms with Crippen molar-refractivity contribution in [3.63, 3.8) is 0 Å². The highest BCUT2D eigenvalue weighted by molar-refractivity contribution is 7.09. The maximum absolute atomic E-state index is 5.86. The van der Waals surface area contributed by atoms with Gasteiger partial charge in [-0.15, -0.1) is 11.3 Å². The van der Waals surface area contributed by atoms with Crippen LogP contribution in [-0.2, 0) is 11.2 Å². The third-order valence-corrected chi connectivity index (χ3v) is 4.66. The van der Waals surface area contributed by atoms with Crippen LogP contribution in [0.25, 0.3) is 0 Å². The van der Waals surface area contributed by atoms with Crippen molar-refractivity contribution in [2.75, 3.05) is 13.2 Å². The van der Waals surface area contributed by atoms with E-state index in [4.69, 9.17) is 4.74 Å². The predicted molar refractivity (Wildman–Crippen MR) is 73.7 cm³/mol. The average Bonchev–Trinajstić information content (AvgIpc) is 2.82. The van der Waals surface area contributed by atoms with Crippen LogP contribution in [-0.4, -0.2) is 24.8 Å². The monoisotopic (exact) mass is 253 g/mol. The van der Waals surface area contributed by atoms with Crippen LogP contribution in [0.5, 0.6) is 0 Å². The minimum atomic E-state index is 0.0961. The normalized spacial score (nSPS) is 29.4. The summed E-state index contributed by atoms with van der Waals surface area (Å²) in [5.41, 5.74) is 0.0961. The Labute approximate surface area is 108 Å². The van der Waals surface area contributed by atoms with Gasteiger partial charge in [-0.2, -0.15) is 0 Å². The second kappa shape index (κ2) is 5.98. The molecular formula is C14H23NOS. The van der Waals surface area contributed by atoms with E-state index >= 15 is 0 Å². The number of hydrogen-bond acceptors (Lipinski definition) is 3. The second-order valence-electron chi connectivity index (χ2n) is 5.13. The van der Waals surface area contributed by atoms with Crippen molar-refractivity contribution in [1.29, 1.82) is 0 Å². The Balaban J connectivity index is 1.72. The van der Waals surface area contributed by atoms with E-state index in [9.17, 15) is 0 Å². The summed E-state index contributed by atoms with van der Waals surface area (Å²) >= 11 is 1.85. The predicted octanol–water partition coefficient (Wildman–Crippen LogP) is 3.23. The van der Waals surface area contributed by atoms with Gasteiger partial charge in [0.2, 0.25) is 0 Å². The molecule has 2 atom stereocenters. The molecule has 2 unspecified atom stereocenters. The lowest BCUT2D eigenvalue weighted by Gasteiger charge is -2.38. The molecule has 0 aromatic carbocycles. The Morgan fingerprint density at radius 3 is 3.18 bits per heavy atom. The van der Waals surface area contributed by atoms with E-state index in [1.54, 1.807) is 0 Å². The van der Waals surface area contributed by atoms with Crippen LogP contribution in [0.4, 0.5) is 0 Å². The topological polar surface area (TPSA) is 21.3 Å². The first kappa shape index (κ1) is 13.1. The van der Waals surface area contributed by atoms with Gasteiger partial charge in [-0.3, -0.25) is 0 Å². The Morgan fingerprint density at radius 2 is 2.47 bits per heavy atom. The van der Waals surface area contributed by atoms with E-state index in [-0.39, 0.29) is 5.60 Å². The van der Waals surface area contributed by atoms with Gasteiger partial charge in [0.05, 0.1) is 5.60 Å². The summed E-state index contributed by atoms with van der Waals surface area (Å²) in [6.07, 6.45) is 4.56. The lowest BCUT2D eigenvalue weighted by atomic mass is 9.90. The second-order valence-corrected chi connectivity index (χ2v) is 6.16. The van der Waals surface area contributed by atoms with Gasteiger partial charge >= 0.3 is 0 Å². The summed E-state index contributed by atoms with van der Waals surface area (Å²) in [5, 5.41) is 5.83. The van der Waals surface area contributed by atoms with E-state index < -0.39 is 0 Å². The molecule has 0 radical (unpaired) electrons. The zero-order chi connectivity index (χ0) is 12.1. The molecule has 17 heavy (non-hydrogen) atoms. The molecule has 1 saturated heterocycles. The lowest BCUT2D eigenvalue weighted by Crippen LogP contribution is -2.45. The molecule has 0 spiro atoms. The zero-order valence-corrected chi connectivity index (χ0v) is 11.7. The van der Waals surface area contributed by atoms with Crippen LogP contribution in [0.15, 0.2) is 17.5 Å². The summed E-state index contributed by atoms with van der Waals surface area (Å²) in [7, 11) is 0. The van der Waals surface area contributed by atoms with Gasteiger partial charge in [-0.25, -0.2) is 0 Å². The number of hydrogen-bond donors (Lipinski definition) is 1. The van der Waals surface area contributed by atoms with Gasteiger partial charge in [-0.05, 0) is 44.1 Å². The SMILES string of the molecule is CCC1(C)CC(NCCc2cccs2)CCO1. The first-order valence-electron chi connectivity index (χ1n) is 6.61. The zero-order valence-electron chi connectivity index (χ0n) is 10.9. The lowest BCUT2D eigenvalue weighted by molar-refractivity contribution is -0.0778. The van der Waals surface area contributed by atoms with Gasteiger partial charge in [-0.1, -0.05) is 13.0 Å². The molecule has 1 aromatic heterocycles. The van der Waals surface area contributed by atoms with Crippen molar-refractivity contribution < 1.29 is 4.74 Å². The molecule has 0 aliphatic carbocycles. The fourth-order valence-corrected chi connectivity index (χ4v) is 3.11. The fraction of sp³-hybridized carbons (Fsp3) is 0.714. The van der Waals surface area contributed by atoms with Gasteiger partial charge in [0.1, 0.15) is 0 Å². The molecule has 3 heteroatoms. The number of ether oxygens (including phenoxy) is 1. The molecule has 1 fully saturated rings. The molecular weight excluding hydrogens is 230 g/mol. The summed E-state index contributed by atoms with van der Waals surface area (Å²) in [5.74, 6) is 0. The molecule has 2 heterocycles. The minimum Gasteiger partial charge on any atom is -0.375 e. The van der Waals surface area contributed by atoms with Crippen LogP contribution < -0.4 is 5.32 Å². The van der Waals surface area contributed by atoms with E-state index in [2.05, 4.69) is 36.7 Å². The van der Waals surface area contributed by atoms with Gasteiger partial charge in [0.15, 0.2) is 0 Å². The van der Waals surface area contributed by atoms with Crippen LogP contribution in [0.3, 0.4) is 0 Å². The number of rotatable bonds is 5. The maximum atomic E-state index is 5.86. The van der Waals surface area contributed by atoms with Gasteiger partial charge in [0.25, 0.3) is 0 Å². The molecule has 2 nitrogen and oxygen atoms in total. The van der Waals surface area contributed by atoms with E-state index in [1.165, 1.54) is 4.88 Å². The van der Waals surface area contributed by atoms with Crippen LogP contribution in [0, 0.1) is 0 Å². The maximum Gasteiger partial charge on any atom is 0.0666 e. The molecule has 96 valence electrons. The van der Waals surface area contributed by atoms with Crippen molar-refractivity contribution in [3.05, 3.63) is 22.4 Å². The smallest absolute Gasteiger partial charge is 0.0666 e. The highest BCUT2D eigenvalue weighted by Gasteiger charge is 2.31. The Hall–Kier alpha value is -0.380. The van der Waals surface area contributed by atoms with Crippen molar-refractivity contribution in [2.45, 2.75) is 51.2 Å². The van der Waals surface area contributed by atoms with Crippen molar-refractivity contribution >= 4 is 11.3 Å². The Bertz CT molecular complexity index is 325. The van der Waals surface area contributed by atoms with E-state index in [0.29, 0.717) is 6.04 Å². The Morgan fingerprint density at radius 1 is 1.59 bits per heavy atom. The van der Waals surface area contributed by atoms with Gasteiger partial charge < -0.3 is 10.1 Å². The molecule has 1 aliphatic rings. The molecule has 1 N–H and O–H groups in total. The number of thiophene rings is 1. The molecule has 1 aromatic rings. The van der Waals surface area contributed by atoms with E-state index in [1.807, 2.05) is 11.3 Å². The summed E-state index contributed by atoms with van der Waals surface area (Å²) in [6.45, 7) is 6.44. The summed E-state index contributed by atoms with van der Waals surface area (Å²) < 4.78 is 5.86. The van der Waals surface area contributed by atoms with Gasteiger partial charge in [0, 0.05) is 24.1 Å². The first-order valence-corrected chi connectivity index (χ1v) is 7.49. The number of nitrogens with one attached hydrogen (secondary N) is 1. The molecule has 2 rings (SSSR count). The van der Waals surface area contributed by atoms with Crippen molar-refractivity contribution in [3.8, 4) is 0 Å². The average molecular weight is 253 g/mol. The highest BCUT2D eigenvalue weighted by Crippen LogP contribution is 2.27. The van der Waals surface area contributed by atoms with Crippen LogP contribution >= 0.6 is 11.3 Å².